The molecule has 0 aliphatic carbocycles. The highest BCUT2D eigenvalue weighted by Crippen LogP contribution is 2.13. The first-order chi connectivity index (χ1) is 8.22. The number of carbonyl (C=O) groups is 1. The molecule has 0 radical (unpaired) electrons. The lowest BCUT2D eigenvalue weighted by Crippen LogP contribution is -2.02. The summed E-state index contributed by atoms with van der Waals surface area (Å²) in [6, 6.07) is 10.3. The Balaban J connectivity index is 2.17. The molecule has 3 nitrogen and oxygen atoms in total. The van der Waals surface area contributed by atoms with Crippen LogP contribution in [0.5, 0.6) is 0 Å². The van der Waals surface area contributed by atoms with Crippen molar-refractivity contribution in [2.75, 3.05) is 0 Å². The smallest absolute Gasteiger partial charge is 0.153 e. The molecule has 17 heavy (non-hydrogen) atoms. The van der Waals surface area contributed by atoms with Gasteiger partial charge in [0.15, 0.2) is 6.29 Å². The second-order valence-corrected chi connectivity index (χ2v) is 4.17. The van der Waals surface area contributed by atoms with Crippen LogP contribution in [0.25, 0.3) is 0 Å². The Hall–Kier alpha value is -1.90. The SMILES string of the molecule is Cc1nn(C)c(CCc2ccccc2)c1C=O. The molecule has 0 aliphatic heterocycles. The van der Waals surface area contributed by atoms with Gasteiger partial charge < -0.3 is 0 Å². The zero-order chi connectivity index (χ0) is 12.3. The summed E-state index contributed by atoms with van der Waals surface area (Å²) in [5.41, 5.74) is 3.85. The standard InChI is InChI=1S/C14H16N2O/c1-11-13(10-17)14(16(2)15-11)9-8-12-6-4-3-5-7-12/h3-7,10H,8-9H2,1-2H3. The summed E-state index contributed by atoms with van der Waals surface area (Å²) >= 11 is 0. The molecule has 0 saturated heterocycles. The molecule has 0 atom stereocenters. The van der Waals surface area contributed by atoms with E-state index in [1.165, 1.54) is 5.56 Å². The molecule has 0 unspecified atom stereocenters. The van der Waals surface area contributed by atoms with Crippen LogP contribution in [0.1, 0.15) is 27.3 Å². The largest absolute Gasteiger partial charge is 0.298 e. The van der Waals surface area contributed by atoms with Crippen LogP contribution in [-0.4, -0.2) is 16.1 Å². The Kier molecular flexibility index (Phi) is 3.38. The minimum atomic E-state index is 0.739. The predicted octanol–water partition coefficient (Wildman–Crippen LogP) is 2.33. The summed E-state index contributed by atoms with van der Waals surface area (Å²) in [4.78, 5) is 11.0. The van der Waals surface area contributed by atoms with Gasteiger partial charge in [0.25, 0.3) is 0 Å². The fraction of sp³-hybridized carbons (Fsp3) is 0.286. The zero-order valence-corrected chi connectivity index (χ0v) is 10.2. The van der Waals surface area contributed by atoms with E-state index < -0.39 is 0 Å². The number of aromatic nitrogens is 2. The quantitative estimate of drug-likeness (QED) is 0.753. The first kappa shape index (κ1) is 11.6. The molecule has 1 aromatic carbocycles. The number of aldehydes is 1. The van der Waals surface area contributed by atoms with E-state index in [0.29, 0.717) is 0 Å². The summed E-state index contributed by atoms with van der Waals surface area (Å²) in [5.74, 6) is 0. The monoisotopic (exact) mass is 228 g/mol. The first-order valence-electron chi connectivity index (χ1n) is 5.74. The highest BCUT2D eigenvalue weighted by Gasteiger charge is 2.11. The molecule has 3 heteroatoms. The van der Waals surface area contributed by atoms with Crippen LogP contribution < -0.4 is 0 Å². The molecule has 88 valence electrons. The minimum absolute atomic E-state index is 0.739. The number of rotatable bonds is 4. The first-order valence-corrected chi connectivity index (χ1v) is 5.74. The second-order valence-electron chi connectivity index (χ2n) is 4.17. The van der Waals surface area contributed by atoms with Crippen LogP contribution in [0, 0.1) is 6.92 Å². The molecule has 2 aromatic rings. The van der Waals surface area contributed by atoms with Crippen molar-refractivity contribution in [3.8, 4) is 0 Å². The Morgan fingerprint density at radius 2 is 1.94 bits per heavy atom. The van der Waals surface area contributed by atoms with Gasteiger partial charge in [-0.25, -0.2) is 0 Å². The van der Waals surface area contributed by atoms with Gasteiger partial charge in [-0.3, -0.25) is 9.48 Å². The Labute approximate surface area is 101 Å². The zero-order valence-electron chi connectivity index (χ0n) is 10.2. The van der Waals surface area contributed by atoms with Gasteiger partial charge in [0.2, 0.25) is 0 Å². The molecule has 0 aliphatic rings. The molecular weight excluding hydrogens is 212 g/mol. The number of hydrogen-bond acceptors (Lipinski definition) is 2. The third kappa shape index (κ3) is 2.44. The van der Waals surface area contributed by atoms with Gasteiger partial charge in [0.05, 0.1) is 11.3 Å². The Morgan fingerprint density at radius 3 is 2.59 bits per heavy atom. The summed E-state index contributed by atoms with van der Waals surface area (Å²) < 4.78 is 1.81. The van der Waals surface area contributed by atoms with Crippen molar-refractivity contribution < 1.29 is 4.79 Å². The lowest BCUT2D eigenvalue weighted by molar-refractivity contribution is 0.112. The van der Waals surface area contributed by atoms with E-state index in [1.54, 1.807) is 0 Å². The topological polar surface area (TPSA) is 34.9 Å². The van der Waals surface area contributed by atoms with E-state index in [-0.39, 0.29) is 0 Å². The van der Waals surface area contributed by atoms with Gasteiger partial charge in [-0.05, 0) is 25.3 Å². The van der Waals surface area contributed by atoms with Gasteiger partial charge in [-0.2, -0.15) is 5.10 Å². The van der Waals surface area contributed by atoms with Crippen molar-refractivity contribution in [3.63, 3.8) is 0 Å². The van der Waals surface area contributed by atoms with Crippen LogP contribution in [0.2, 0.25) is 0 Å². The Bertz CT molecular complexity index is 515. The minimum Gasteiger partial charge on any atom is -0.298 e. The number of hydrogen-bond donors (Lipinski definition) is 0. The summed E-state index contributed by atoms with van der Waals surface area (Å²) in [5, 5.41) is 4.28. The fourth-order valence-corrected chi connectivity index (χ4v) is 2.08. The number of benzene rings is 1. The maximum atomic E-state index is 11.0. The van der Waals surface area contributed by atoms with Crippen LogP contribution in [-0.2, 0) is 19.9 Å². The molecule has 0 fully saturated rings. The Morgan fingerprint density at radius 1 is 1.24 bits per heavy atom. The van der Waals surface area contributed by atoms with Gasteiger partial charge in [-0.1, -0.05) is 30.3 Å². The van der Waals surface area contributed by atoms with Crippen molar-refractivity contribution in [2.24, 2.45) is 7.05 Å². The van der Waals surface area contributed by atoms with E-state index in [4.69, 9.17) is 0 Å². The van der Waals surface area contributed by atoms with Crippen molar-refractivity contribution >= 4 is 6.29 Å². The molecule has 1 aromatic heterocycles. The van der Waals surface area contributed by atoms with Gasteiger partial charge in [0.1, 0.15) is 0 Å². The predicted molar refractivity (Wildman–Crippen MR) is 67.2 cm³/mol. The second kappa shape index (κ2) is 4.95. The molecule has 0 bridgehead atoms. The van der Waals surface area contributed by atoms with Gasteiger partial charge in [0, 0.05) is 12.7 Å². The maximum Gasteiger partial charge on any atom is 0.153 e. The van der Waals surface area contributed by atoms with Crippen molar-refractivity contribution in [3.05, 3.63) is 52.8 Å². The molecule has 0 N–H and O–H groups in total. The lowest BCUT2D eigenvalue weighted by Gasteiger charge is -2.03. The van der Waals surface area contributed by atoms with E-state index in [1.807, 2.05) is 36.9 Å². The van der Waals surface area contributed by atoms with Crippen LogP contribution in [0.4, 0.5) is 0 Å². The van der Waals surface area contributed by atoms with Crippen molar-refractivity contribution in [1.29, 1.82) is 0 Å². The number of carbonyl (C=O) groups excluding carboxylic acids is 1. The molecule has 0 saturated carbocycles. The molecule has 1 heterocycles. The van der Waals surface area contributed by atoms with Gasteiger partial charge in [-0.15, -0.1) is 0 Å². The summed E-state index contributed by atoms with van der Waals surface area (Å²) in [7, 11) is 1.89. The van der Waals surface area contributed by atoms with E-state index >= 15 is 0 Å². The average molecular weight is 228 g/mol. The molecule has 2 rings (SSSR count). The molecular formula is C14H16N2O. The van der Waals surface area contributed by atoms with E-state index in [0.717, 1.165) is 36.1 Å². The van der Waals surface area contributed by atoms with Gasteiger partial charge >= 0.3 is 0 Å². The summed E-state index contributed by atoms with van der Waals surface area (Å²) in [6.45, 7) is 1.87. The third-order valence-corrected chi connectivity index (χ3v) is 3.00. The normalized spacial score (nSPS) is 10.5. The highest BCUT2D eigenvalue weighted by atomic mass is 16.1. The van der Waals surface area contributed by atoms with Crippen molar-refractivity contribution in [2.45, 2.75) is 19.8 Å². The van der Waals surface area contributed by atoms with E-state index in [2.05, 4.69) is 17.2 Å². The lowest BCUT2D eigenvalue weighted by atomic mass is 10.1. The van der Waals surface area contributed by atoms with Crippen molar-refractivity contribution in [1.82, 2.24) is 9.78 Å². The van der Waals surface area contributed by atoms with E-state index in [9.17, 15) is 4.79 Å². The van der Waals surface area contributed by atoms with Crippen LogP contribution in [0.15, 0.2) is 30.3 Å². The molecule has 0 amide bonds. The van der Waals surface area contributed by atoms with Crippen LogP contribution >= 0.6 is 0 Å². The maximum absolute atomic E-state index is 11.0. The third-order valence-electron chi connectivity index (χ3n) is 3.00. The number of nitrogens with zero attached hydrogens (tertiary/aromatic N) is 2. The fourth-order valence-electron chi connectivity index (χ4n) is 2.08. The highest BCUT2D eigenvalue weighted by molar-refractivity contribution is 5.78. The number of aryl methyl sites for hydroxylation is 3. The average Bonchev–Trinajstić information content (AvgIpc) is 2.62. The molecule has 0 spiro atoms. The summed E-state index contributed by atoms with van der Waals surface area (Å²) in [6.07, 6.45) is 2.68. The van der Waals surface area contributed by atoms with Crippen LogP contribution in [0.3, 0.4) is 0 Å².